The number of ether oxygens (including phenoxy) is 1. The number of rotatable bonds is 4. The Hall–Kier alpha value is -2.89. The minimum atomic E-state index is -3.99. The van der Waals surface area contributed by atoms with Gasteiger partial charge in [0.15, 0.2) is 0 Å². The zero-order chi connectivity index (χ0) is 23.9. The Labute approximate surface area is 195 Å². The molecule has 180 valence electrons. The van der Waals surface area contributed by atoms with Crippen molar-refractivity contribution in [3.63, 3.8) is 0 Å². The molecule has 2 aromatic heterocycles. The molecule has 2 aliphatic rings. The SMILES string of the molecule is O=C(c1cnn2ccc(C3CCN(S(=O)(=O)c4cc(F)cc(F)c4)CC3)cc12)N1CCOCC1. The third-order valence-electron chi connectivity index (χ3n) is 6.47. The van der Waals surface area contributed by atoms with Crippen LogP contribution in [0, 0.1) is 11.6 Å². The van der Waals surface area contributed by atoms with Crippen LogP contribution in [-0.2, 0) is 14.8 Å². The molecule has 0 radical (unpaired) electrons. The predicted molar refractivity (Wildman–Crippen MR) is 119 cm³/mol. The van der Waals surface area contributed by atoms with Gasteiger partial charge in [-0.2, -0.15) is 9.40 Å². The van der Waals surface area contributed by atoms with Crippen molar-refractivity contribution in [3.8, 4) is 0 Å². The number of fused-ring (bicyclic) bond motifs is 1. The van der Waals surface area contributed by atoms with E-state index in [2.05, 4.69) is 5.10 Å². The second-order valence-electron chi connectivity index (χ2n) is 8.54. The van der Waals surface area contributed by atoms with Gasteiger partial charge in [0.2, 0.25) is 10.0 Å². The van der Waals surface area contributed by atoms with Crippen LogP contribution in [0.15, 0.2) is 47.6 Å². The molecule has 0 bridgehead atoms. The first-order valence-electron chi connectivity index (χ1n) is 11.1. The summed E-state index contributed by atoms with van der Waals surface area (Å²) in [5, 5.41) is 4.30. The summed E-state index contributed by atoms with van der Waals surface area (Å²) < 4.78 is 61.1. The minimum Gasteiger partial charge on any atom is -0.378 e. The van der Waals surface area contributed by atoms with Gasteiger partial charge in [0.05, 0.1) is 35.4 Å². The van der Waals surface area contributed by atoms with Crippen molar-refractivity contribution >= 4 is 21.4 Å². The van der Waals surface area contributed by atoms with Crippen LogP contribution in [0.3, 0.4) is 0 Å². The largest absolute Gasteiger partial charge is 0.378 e. The quantitative estimate of drug-likeness (QED) is 0.562. The highest BCUT2D eigenvalue weighted by atomic mass is 32.2. The van der Waals surface area contributed by atoms with Crippen LogP contribution >= 0.6 is 0 Å². The van der Waals surface area contributed by atoms with E-state index < -0.39 is 21.7 Å². The molecule has 11 heteroatoms. The topological polar surface area (TPSA) is 84.2 Å². The minimum absolute atomic E-state index is 0.0845. The molecule has 2 aliphatic heterocycles. The van der Waals surface area contributed by atoms with Gasteiger partial charge in [-0.05, 0) is 48.6 Å². The molecule has 3 aromatic rings. The molecule has 2 fully saturated rings. The molecule has 0 N–H and O–H groups in total. The maximum absolute atomic E-state index is 13.6. The Kier molecular flexibility index (Phi) is 6.09. The lowest BCUT2D eigenvalue weighted by Gasteiger charge is -2.31. The van der Waals surface area contributed by atoms with Crippen LogP contribution in [0.2, 0.25) is 0 Å². The van der Waals surface area contributed by atoms with Gasteiger partial charge in [-0.25, -0.2) is 21.7 Å². The van der Waals surface area contributed by atoms with E-state index in [-0.39, 0.29) is 29.8 Å². The molecule has 2 saturated heterocycles. The van der Waals surface area contributed by atoms with E-state index in [4.69, 9.17) is 4.74 Å². The van der Waals surface area contributed by atoms with E-state index in [0.717, 1.165) is 17.7 Å². The van der Waals surface area contributed by atoms with Gasteiger partial charge in [-0.3, -0.25) is 4.79 Å². The summed E-state index contributed by atoms with van der Waals surface area (Å²) in [6, 6.07) is 6.20. The third kappa shape index (κ3) is 4.30. The fraction of sp³-hybridized carbons (Fsp3) is 0.391. The molecular formula is C23H24F2N4O4S. The summed E-state index contributed by atoms with van der Waals surface area (Å²) in [5.74, 6) is -1.85. The normalized spacial score (nSPS) is 18.5. The van der Waals surface area contributed by atoms with E-state index in [9.17, 15) is 22.0 Å². The van der Waals surface area contributed by atoms with Crippen molar-refractivity contribution in [2.45, 2.75) is 23.7 Å². The first kappa shape index (κ1) is 22.9. The number of piperidine rings is 1. The first-order chi connectivity index (χ1) is 16.3. The number of benzene rings is 1. The van der Waals surface area contributed by atoms with Gasteiger partial charge in [0.1, 0.15) is 11.6 Å². The Morgan fingerprint density at radius 1 is 1.00 bits per heavy atom. The Morgan fingerprint density at radius 3 is 2.35 bits per heavy atom. The summed E-state index contributed by atoms with van der Waals surface area (Å²) >= 11 is 0. The lowest BCUT2D eigenvalue weighted by atomic mass is 9.90. The van der Waals surface area contributed by atoms with Crippen molar-refractivity contribution in [2.24, 2.45) is 0 Å². The van der Waals surface area contributed by atoms with Crippen LogP contribution in [0.25, 0.3) is 5.52 Å². The Morgan fingerprint density at radius 2 is 1.68 bits per heavy atom. The van der Waals surface area contributed by atoms with Crippen LogP contribution < -0.4 is 0 Å². The van der Waals surface area contributed by atoms with Crippen LogP contribution in [-0.4, -0.2) is 72.5 Å². The summed E-state index contributed by atoms with van der Waals surface area (Å²) in [6.07, 6.45) is 4.48. The van der Waals surface area contributed by atoms with E-state index in [1.54, 1.807) is 21.8 Å². The number of hydrogen-bond donors (Lipinski definition) is 0. The van der Waals surface area contributed by atoms with Crippen LogP contribution in [0.1, 0.15) is 34.7 Å². The molecule has 1 amide bonds. The first-order valence-corrected chi connectivity index (χ1v) is 12.6. The second kappa shape index (κ2) is 9.05. The predicted octanol–water partition coefficient (Wildman–Crippen LogP) is 2.65. The smallest absolute Gasteiger partial charge is 0.257 e. The second-order valence-corrected chi connectivity index (χ2v) is 10.5. The zero-order valence-corrected chi connectivity index (χ0v) is 19.2. The Balaban J connectivity index is 1.33. The zero-order valence-electron chi connectivity index (χ0n) is 18.4. The number of pyridine rings is 1. The summed E-state index contributed by atoms with van der Waals surface area (Å²) in [6.45, 7) is 2.57. The van der Waals surface area contributed by atoms with E-state index in [1.165, 1.54) is 4.31 Å². The third-order valence-corrected chi connectivity index (χ3v) is 8.35. The van der Waals surface area contributed by atoms with E-state index >= 15 is 0 Å². The highest BCUT2D eigenvalue weighted by Crippen LogP contribution is 2.32. The number of morpholine rings is 1. The number of hydrogen-bond acceptors (Lipinski definition) is 5. The highest BCUT2D eigenvalue weighted by Gasteiger charge is 2.31. The monoisotopic (exact) mass is 490 g/mol. The summed E-state index contributed by atoms with van der Waals surface area (Å²) in [5.41, 5.74) is 2.23. The molecule has 0 unspecified atom stereocenters. The van der Waals surface area contributed by atoms with Gasteiger partial charge in [-0.15, -0.1) is 0 Å². The molecule has 34 heavy (non-hydrogen) atoms. The van der Waals surface area contributed by atoms with Crippen LogP contribution in [0.4, 0.5) is 8.78 Å². The fourth-order valence-electron chi connectivity index (χ4n) is 4.61. The van der Waals surface area contributed by atoms with Gasteiger partial charge in [0, 0.05) is 38.4 Å². The highest BCUT2D eigenvalue weighted by molar-refractivity contribution is 7.89. The number of carbonyl (C=O) groups excluding carboxylic acids is 1. The lowest BCUT2D eigenvalue weighted by molar-refractivity contribution is 0.0304. The van der Waals surface area contributed by atoms with Gasteiger partial charge in [-0.1, -0.05) is 0 Å². The standard InChI is InChI=1S/C23H24F2N4O4S/c24-18-12-19(25)14-20(13-18)34(31,32)28-4-1-16(2-5-28)17-3-6-29-22(11-17)21(15-26-29)23(30)27-7-9-33-10-8-27/h3,6,11-16H,1-2,4-5,7-10H2. The average Bonchev–Trinajstić information content (AvgIpc) is 3.27. The number of halogens is 2. The lowest BCUT2D eigenvalue weighted by Crippen LogP contribution is -2.40. The number of amides is 1. The van der Waals surface area contributed by atoms with Crippen LogP contribution in [0.5, 0.6) is 0 Å². The van der Waals surface area contributed by atoms with Gasteiger partial charge in [0.25, 0.3) is 5.91 Å². The van der Waals surface area contributed by atoms with E-state index in [0.29, 0.717) is 56.3 Å². The van der Waals surface area contributed by atoms with Crippen molar-refractivity contribution in [2.75, 3.05) is 39.4 Å². The number of carbonyl (C=O) groups is 1. The number of nitrogens with zero attached hydrogens (tertiary/aromatic N) is 4. The maximum atomic E-state index is 13.6. The van der Waals surface area contributed by atoms with Crippen molar-refractivity contribution in [3.05, 3.63) is 65.5 Å². The Bertz CT molecular complexity index is 1310. The maximum Gasteiger partial charge on any atom is 0.257 e. The van der Waals surface area contributed by atoms with Crippen molar-refractivity contribution < 1.29 is 26.7 Å². The van der Waals surface area contributed by atoms with Crippen molar-refractivity contribution in [1.82, 2.24) is 18.8 Å². The van der Waals surface area contributed by atoms with Crippen molar-refractivity contribution in [1.29, 1.82) is 0 Å². The summed E-state index contributed by atoms with van der Waals surface area (Å²) in [7, 11) is -3.99. The molecule has 4 heterocycles. The molecule has 0 spiro atoms. The molecule has 1 aromatic carbocycles. The summed E-state index contributed by atoms with van der Waals surface area (Å²) in [4.78, 5) is 14.4. The van der Waals surface area contributed by atoms with Gasteiger partial charge < -0.3 is 9.64 Å². The van der Waals surface area contributed by atoms with E-state index in [1.807, 2.05) is 12.1 Å². The van der Waals surface area contributed by atoms with Gasteiger partial charge >= 0.3 is 0 Å². The molecular weight excluding hydrogens is 466 g/mol. The number of aromatic nitrogens is 2. The fourth-order valence-corrected chi connectivity index (χ4v) is 6.12. The molecule has 0 aliphatic carbocycles. The molecule has 5 rings (SSSR count). The molecule has 0 atom stereocenters. The average molecular weight is 491 g/mol. The molecule has 8 nitrogen and oxygen atoms in total. The molecule has 0 saturated carbocycles. The number of sulfonamides is 1.